The number of fused-ring (bicyclic) bond motifs is 1. The quantitative estimate of drug-likeness (QED) is 0.853. The third-order valence-corrected chi connectivity index (χ3v) is 6.09. The van der Waals surface area contributed by atoms with Crippen molar-refractivity contribution < 1.29 is 31.4 Å². The third-order valence-electron chi connectivity index (χ3n) is 4.30. The van der Waals surface area contributed by atoms with E-state index in [9.17, 15) is 26.7 Å². The van der Waals surface area contributed by atoms with E-state index in [1.165, 1.54) is 19.1 Å². The number of ether oxygens (including phenoxy) is 1. The smallest absolute Gasteiger partial charge is 0.281 e. The Kier molecular flexibility index (Phi) is 4.66. The molecular weight excluding hydrogens is 383 g/mol. The lowest BCUT2D eigenvalue weighted by Crippen LogP contribution is -2.22. The first kappa shape index (κ1) is 19.2. The van der Waals surface area contributed by atoms with Crippen LogP contribution in [0.3, 0.4) is 0 Å². The zero-order valence-electron chi connectivity index (χ0n) is 14.0. The normalized spacial score (nSPS) is 18.0. The number of alkyl halides is 2. The molecule has 2 aromatic carbocycles. The van der Waals surface area contributed by atoms with Gasteiger partial charge in [0, 0.05) is 23.6 Å². The summed E-state index contributed by atoms with van der Waals surface area (Å²) in [6.45, 7) is 1.36. The van der Waals surface area contributed by atoms with Gasteiger partial charge in [-0.25, -0.2) is 21.6 Å². The van der Waals surface area contributed by atoms with Gasteiger partial charge in [0.25, 0.3) is 5.92 Å². The Morgan fingerprint density at radius 2 is 2.04 bits per heavy atom. The summed E-state index contributed by atoms with van der Waals surface area (Å²) in [5.41, 5.74) is -0.599. The molecule has 0 unspecified atom stereocenters. The minimum Gasteiger partial charge on any atom is -0.457 e. The van der Waals surface area contributed by atoms with Crippen molar-refractivity contribution in [3.05, 3.63) is 52.8 Å². The Morgan fingerprint density at radius 3 is 2.67 bits per heavy atom. The highest BCUT2D eigenvalue weighted by atomic mass is 32.2. The van der Waals surface area contributed by atoms with Crippen LogP contribution in [0.1, 0.15) is 29.7 Å². The van der Waals surface area contributed by atoms with Crippen LogP contribution >= 0.6 is 0 Å². The second kappa shape index (κ2) is 6.55. The Bertz CT molecular complexity index is 1060. The van der Waals surface area contributed by atoms with Gasteiger partial charge in [0.05, 0.1) is 22.3 Å². The number of rotatable bonds is 4. The van der Waals surface area contributed by atoms with Crippen LogP contribution in [0.25, 0.3) is 0 Å². The standard InChI is InChI=1S/C18H14F3NO4S/c1-2-27(24,25)15-4-3-14(13-8-18(20,21)17(23)16(13)15)26-12-6-10(9-22)5-11(19)7-12/h3-7,17,23H,2,8H2,1H3/t17-/m0/s1. The largest absolute Gasteiger partial charge is 0.457 e. The summed E-state index contributed by atoms with van der Waals surface area (Å²) in [6, 6.07) is 7.18. The van der Waals surface area contributed by atoms with Gasteiger partial charge in [0.1, 0.15) is 23.4 Å². The molecule has 5 nitrogen and oxygen atoms in total. The number of sulfone groups is 1. The van der Waals surface area contributed by atoms with Gasteiger partial charge in [-0.15, -0.1) is 0 Å². The fourth-order valence-electron chi connectivity index (χ4n) is 2.98. The molecule has 142 valence electrons. The lowest BCUT2D eigenvalue weighted by Gasteiger charge is -2.16. The van der Waals surface area contributed by atoms with E-state index < -0.39 is 39.7 Å². The molecule has 0 bridgehead atoms. The molecule has 1 aliphatic rings. The predicted octanol–water partition coefficient (Wildman–Crippen LogP) is 3.51. The SMILES string of the molecule is CCS(=O)(=O)c1ccc(Oc2cc(F)cc(C#N)c2)c2c1[C@H](O)C(F)(F)C2. The lowest BCUT2D eigenvalue weighted by molar-refractivity contribution is -0.0976. The van der Waals surface area contributed by atoms with E-state index in [2.05, 4.69) is 0 Å². The lowest BCUT2D eigenvalue weighted by atomic mass is 10.1. The monoisotopic (exact) mass is 397 g/mol. The van der Waals surface area contributed by atoms with Crippen molar-refractivity contribution in [3.63, 3.8) is 0 Å². The minimum absolute atomic E-state index is 0.0304. The average Bonchev–Trinajstić information content (AvgIpc) is 2.85. The topological polar surface area (TPSA) is 87.4 Å². The van der Waals surface area contributed by atoms with E-state index in [1.807, 2.05) is 0 Å². The van der Waals surface area contributed by atoms with Crippen LogP contribution in [-0.4, -0.2) is 25.2 Å². The van der Waals surface area contributed by atoms with Crippen molar-refractivity contribution in [2.45, 2.75) is 30.3 Å². The first-order valence-electron chi connectivity index (χ1n) is 7.92. The second-order valence-corrected chi connectivity index (χ2v) is 8.33. The fourth-order valence-corrected chi connectivity index (χ4v) is 4.14. The molecule has 0 aromatic heterocycles. The van der Waals surface area contributed by atoms with Crippen LogP contribution in [0.4, 0.5) is 13.2 Å². The van der Waals surface area contributed by atoms with E-state index in [0.717, 1.165) is 18.2 Å². The predicted molar refractivity (Wildman–Crippen MR) is 89.0 cm³/mol. The molecule has 0 saturated heterocycles. The van der Waals surface area contributed by atoms with Crippen molar-refractivity contribution in [3.8, 4) is 17.6 Å². The molecule has 2 aromatic rings. The van der Waals surface area contributed by atoms with Crippen molar-refractivity contribution in [2.75, 3.05) is 5.75 Å². The minimum atomic E-state index is -3.87. The molecule has 0 aliphatic heterocycles. The average molecular weight is 397 g/mol. The molecule has 9 heteroatoms. The van der Waals surface area contributed by atoms with Crippen molar-refractivity contribution >= 4 is 9.84 Å². The van der Waals surface area contributed by atoms with Gasteiger partial charge in [0.15, 0.2) is 9.84 Å². The van der Waals surface area contributed by atoms with E-state index in [0.29, 0.717) is 0 Å². The van der Waals surface area contributed by atoms with Crippen LogP contribution in [-0.2, 0) is 16.3 Å². The summed E-state index contributed by atoms with van der Waals surface area (Å²) in [5, 5.41) is 18.9. The Morgan fingerprint density at radius 1 is 1.33 bits per heavy atom. The molecule has 0 fully saturated rings. The maximum Gasteiger partial charge on any atom is 0.281 e. The summed E-state index contributed by atoms with van der Waals surface area (Å²) in [4.78, 5) is -0.381. The Balaban J connectivity index is 2.15. The second-order valence-electron chi connectivity index (χ2n) is 6.09. The molecule has 0 heterocycles. The molecule has 27 heavy (non-hydrogen) atoms. The summed E-state index contributed by atoms with van der Waals surface area (Å²) in [7, 11) is -3.87. The van der Waals surface area contributed by atoms with Gasteiger partial charge in [-0.2, -0.15) is 5.26 Å². The molecule has 1 N–H and O–H groups in total. The number of benzene rings is 2. The van der Waals surface area contributed by atoms with Gasteiger partial charge in [-0.05, 0) is 24.3 Å². The number of aliphatic hydroxyl groups excluding tert-OH is 1. The molecule has 0 spiro atoms. The number of nitrogens with zero attached hydrogens (tertiary/aromatic N) is 1. The van der Waals surface area contributed by atoms with Gasteiger partial charge in [-0.1, -0.05) is 6.92 Å². The molecule has 1 atom stereocenters. The zero-order chi connectivity index (χ0) is 20.0. The zero-order valence-corrected chi connectivity index (χ0v) is 14.9. The molecule has 3 rings (SSSR count). The number of hydrogen-bond donors (Lipinski definition) is 1. The number of hydrogen-bond acceptors (Lipinski definition) is 5. The summed E-state index contributed by atoms with van der Waals surface area (Å²) in [6.07, 6.45) is -3.22. The van der Waals surface area contributed by atoms with Gasteiger partial charge in [0.2, 0.25) is 0 Å². The molecular formula is C18H14F3NO4S. The van der Waals surface area contributed by atoms with E-state index >= 15 is 0 Å². The number of aliphatic hydroxyl groups is 1. The molecule has 0 radical (unpaired) electrons. The highest BCUT2D eigenvalue weighted by molar-refractivity contribution is 7.91. The fraction of sp³-hybridized carbons (Fsp3) is 0.278. The summed E-state index contributed by atoms with van der Waals surface area (Å²) < 4.78 is 71.7. The van der Waals surface area contributed by atoms with E-state index in [4.69, 9.17) is 10.00 Å². The van der Waals surface area contributed by atoms with Crippen molar-refractivity contribution in [1.29, 1.82) is 5.26 Å². The Hall–Kier alpha value is -2.57. The van der Waals surface area contributed by atoms with Crippen LogP contribution in [0.5, 0.6) is 11.5 Å². The Labute approximate surface area is 153 Å². The van der Waals surface area contributed by atoms with Crippen LogP contribution in [0, 0.1) is 17.1 Å². The van der Waals surface area contributed by atoms with Gasteiger partial charge >= 0.3 is 0 Å². The van der Waals surface area contributed by atoms with E-state index in [1.54, 1.807) is 6.07 Å². The number of halogens is 3. The molecule has 0 saturated carbocycles. The maximum absolute atomic E-state index is 14.1. The van der Waals surface area contributed by atoms with Gasteiger partial charge < -0.3 is 9.84 Å². The highest BCUT2D eigenvalue weighted by Gasteiger charge is 2.50. The summed E-state index contributed by atoms with van der Waals surface area (Å²) >= 11 is 0. The highest BCUT2D eigenvalue weighted by Crippen LogP contribution is 2.49. The maximum atomic E-state index is 14.1. The first-order chi connectivity index (χ1) is 12.6. The molecule has 1 aliphatic carbocycles. The summed E-state index contributed by atoms with van der Waals surface area (Å²) in [5.74, 6) is -4.89. The van der Waals surface area contributed by atoms with Crippen molar-refractivity contribution in [2.24, 2.45) is 0 Å². The van der Waals surface area contributed by atoms with E-state index in [-0.39, 0.29) is 33.3 Å². The van der Waals surface area contributed by atoms with Crippen molar-refractivity contribution in [1.82, 2.24) is 0 Å². The number of nitriles is 1. The van der Waals surface area contributed by atoms with Crippen LogP contribution in [0.15, 0.2) is 35.2 Å². The van der Waals surface area contributed by atoms with Crippen LogP contribution < -0.4 is 4.74 Å². The third kappa shape index (κ3) is 3.38. The van der Waals surface area contributed by atoms with Gasteiger partial charge in [-0.3, -0.25) is 0 Å². The molecule has 0 amide bonds. The van der Waals surface area contributed by atoms with Crippen LogP contribution in [0.2, 0.25) is 0 Å². The first-order valence-corrected chi connectivity index (χ1v) is 9.57.